The van der Waals surface area contributed by atoms with Gasteiger partial charge >= 0.3 is 0 Å². The number of methoxy groups -OCH3 is 1. The quantitative estimate of drug-likeness (QED) is 0.717. The first-order valence-electron chi connectivity index (χ1n) is 6.71. The number of ether oxygens (including phenoxy) is 1. The van der Waals surface area contributed by atoms with Crippen LogP contribution in [0.4, 0.5) is 0 Å². The van der Waals surface area contributed by atoms with Crippen LogP contribution in [0.5, 0.6) is 0 Å². The molecule has 0 aliphatic carbocycles. The van der Waals surface area contributed by atoms with Gasteiger partial charge in [0.2, 0.25) is 0 Å². The monoisotopic (exact) mass is 243 g/mol. The number of rotatable bonds is 7. The van der Waals surface area contributed by atoms with Gasteiger partial charge in [0, 0.05) is 26.7 Å². The number of nitrogens with two attached hydrogens (primary N) is 1. The summed E-state index contributed by atoms with van der Waals surface area (Å²) in [5, 5.41) is 0. The molecule has 1 saturated heterocycles. The van der Waals surface area contributed by atoms with E-state index in [1.54, 1.807) is 7.11 Å². The van der Waals surface area contributed by atoms with Gasteiger partial charge in [0.15, 0.2) is 0 Å². The standard InChI is InChI=1S/C13H29N3O/c1-12(17-4)13(2,11-14)15(3)9-10-16-7-5-6-8-16/h12H,5-11,14H2,1-4H3. The molecule has 1 aliphatic rings. The maximum Gasteiger partial charge on any atom is 0.0736 e. The first-order valence-corrected chi connectivity index (χ1v) is 6.71. The minimum atomic E-state index is -0.0749. The molecule has 102 valence electrons. The zero-order chi connectivity index (χ0) is 12.9. The molecule has 0 saturated carbocycles. The Hall–Kier alpha value is -0.160. The van der Waals surface area contributed by atoms with Crippen LogP contribution in [-0.4, -0.2) is 68.3 Å². The average Bonchev–Trinajstić information content (AvgIpc) is 2.86. The molecule has 4 heteroatoms. The zero-order valence-corrected chi connectivity index (χ0v) is 11.9. The summed E-state index contributed by atoms with van der Waals surface area (Å²) in [6.45, 7) is 9.62. The lowest BCUT2D eigenvalue weighted by Crippen LogP contribution is -2.58. The Labute approximate surface area is 106 Å². The second kappa shape index (κ2) is 6.69. The van der Waals surface area contributed by atoms with Crippen LogP contribution in [-0.2, 0) is 4.74 Å². The van der Waals surface area contributed by atoms with Crippen molar-refractivity contribution in [3.63, 3.8) is 0 Å². The largest absolute Gasteiger partial charge is 0.380 e. The lowest BCUT2D eigenvalue weighted by Gasteiger charge is -2.42. The molecule has 1 aliphatic heterocycles. The summed E-state index contributed by atoms with van der Waals surface area (Å²) in [5.41, 5.74) is 5.86. The van der Waals surface area contributed by atoms with E-state index in [-0.39, 0.29) is 11.6 Å². The predicted molar refractivity (Wildman–Crippen MR) is 72.2 cm³/mol. The van der Waals surface area contributed by atoms with Crippen molar-refractivity contribution in [2.24, 2.45) is 5.73 Å². The highest BCUT2D eigenvalue weighted by molar-refractivity contribution is 4.91. The van der Waals surface area contributed by atoms with Gasteiger partial charge in [-0.15, -0.1) is 0 Å². The van der Waals surface area contributed by atoms with Crippen LogP contribution in [0.1, 0.15) is 26.7 Å². The molecule has 0 aromatic heterocycles. The fourth-order valence-electron chi connectivity index (χ4n) is 2.44. The van der Waals surface area contributed by atoms with Gasteiger partial charge in [-0.2, -0.15) is 0 Å². The van der Waals surface area contributed by atoms with Crippen LogP contribution in [0.2, 0.25) is 0 Å². The summed E-state index contributed by atoms with van der Waals surface area (Å²) in [7, 11) is 3.91. The summed E-state index contributed by atoms with van der Waals surface area (Å²) < 4.78 is 5.46. The Morgan fingerprint density at radius 1 is 1.41 bits per heavy atom. The number of likely N-dealkylation sites (N-methyl/N-ethyl adjacent to an activating group) is 1. The van der Waals surface area contributed by atoms with Crippen molar-refractivity contribution in [3.05, 3.63) is 0 Å². The van der Waals surface area contributed by atoms with Gasteiger partial charge in [0.05, 0.1) is 11.6 Å². The second-order valence-electron chi connectivity index (χ2n) is 5.41. The minimum absolute atomic E-state index is 0.0749. The molecule has 2 unspecified atom stereocenters. The van der Waals surface area contributed by atoms with E-state index in [1.165, 1.54) is 25.9 Å². The van der Waals surface area contributed by atoms with Crippen LogP contribution in [0.3, 0.4) is 0 Å². The third-order valence-electron chi connectivity index (χ3n) is 4.46. The number of nitrogens with zero attached hydrogens (tertiary/aromatic N) is 2. The number of hydrogen-bond acceptors (Lipinski definition) is 4. The average molecular weight is 243 g/mol. The van der Waals surface area contributed by atoms with Crippen LogP contribution in [0.25, 0.3) is 0 Å². The summed E-state index contributed by atoms with van der Waals surface area (Å²) in [6.07, 6.45) is 2.86. The fraction of sp³-hybridized carbons (Fsp3) is 1.00. The molecule has 4 nitrogen and oxygen atoms in total. The fourth-order valence-corrected chi connectivity index (χ4v) is 2.44. The lowest BCUT2D eigenvalue weighted by atomic mass is 9.94. The van der Waals surface area contributed by atoms with Crippen LogP contribution in [0.15, 0.2) is 0 Å². The van der Waals surface area contributed by atoms with Crippen molar-refractivity contribution in [1.29, 1.82) is 0 Å². The normalized spacial score (nSPS) is 22.9. The third kappa shape index (κ3) is 3.65. The molecule has 1 rings (SSSR count). The number of hydrogen-bond donors (Lipinski definition) is 1. The van der Waals surface area contributed by atoms with Crippen molar-refractivity contribution in [1.82, 2.24) is 9.80 Å². The van der Waals surface area contributed by atoms with Crippen molar-refractivity contribution >= 4 is 0 Å². The zero-order valence-electron chi connectivity index (χ0n) is 11.9. The smallest absolute Gasteiger partial charge is 0.0736 e. The van der Waals surface area contributed by atoms with Gasteiger partial charge in [-0.1, -0.05) is 0 Å². The van der Waals surface area contributed by atoms with E-state index >= 15 is 0 Å². The van der Waals surface area contributed by atoms with Crippen molar-refractivity contribution in [2.75, 3.05) is 46.9 Å². The lowest BCUT2D eigenvalue weighted by molar-refractivity contribution is -0.0216. The Kier molecular flexibility index (Phi) is 5.86. The van der Waals surface area contributed by atoms with Crippen molar-refractivity contribution in [2.45, 2.75) is 38.3 Å². The van der Waals surface area contributed by atoms with E-state index in [9.17, 15) is 0 Å². The molecule has 0 aromatic carbocycles. The SMILES string of the molecule is COC(C)C(C)(CN)N(C)CCN1CCCC1. The van der Waals surface area contributed by atoms with Crippen LogP contribution < -0.4 is 5.73 Å². The van der Waals surface area contributed by atoms with E-state index in [1.807, 2.05) is 0 Å². The molecule has 17 heavy (non-hydrogen) atoms. The molecule has 0 radical (unpaired) electrons. The Balaban J connectivity index is 2.44. The minimum Gasteiger partial charge on any atom is -0.380 e. The van der Waals surface area contributed by atoms with Crippen molar-refractivity contribution < 1.29 is 4.74 Å². The molecule has 2 atom stereocenters. The van der Waals surface area contributed by atoms with E-state index in [4.69, 9.17) is 10.5 Å². The maximum absolute atomic E-state index is 5.93. The molecule has 1 heterocycles. The Morgan fingerprint density at radius 3 is 2.47 bits per heavy atom. The van der Waals surface area contributed by atoms with E-state index in [2.05, 4.69) is 30.7 Å². The second-order valence-corrected chi connectivity index (χ2v) is 5.41. The molecule has 0 bridgehead atoms. The van der Waals surface area contributed by atoms with Crippen LogP contribution >= 0.6 is 0 Å². The molecule has 0 aromatic rings. The first-order chi connectivity index (χ1) is 8.04. The van der Waals surface area contributed by atoms with Crippen molar-refractivity contribution in [3.8, 4) is 0 Å². The van der Waals surface area contributed by atoms with Gasteiger partial charge in [0.1, 0.15) is 0 Å². The summed E-state index contributed by atoms with van der Waals surface area (Å²) in [5.74, 6) is 0. The molecule has 0 amide bonds. The van der Waals surface area contributed by atoms with Crippen LogP contribution in [0, 0.1) is 0 Å². The summed E-state index contributed by atoms with van der Waals surface area (Å²) in [4.78, 5) is 4.88. The topological polar surface area (TPSA) is 41.7 Å². The molecular weight excluding hydrogens is 214 g/mol. The molecular formula is C13H29N3O. The van der Waals surface area contributed by atoms with Gasteiger partial charge in [-0.3, -0.25) is 4.90 Å². The van der Waals surface area contributed by atoms with Gasteiger partial charge < -0.3 is 15.4 Å². The van der Waals surface area contributed by atoms with E-state index in [0.29, 0.717) is 6.54 Å². The first kappa shape index (κ1) is 14.9. The molecule has 2 N–H and O–H groups in total. The molecule has 1 fully saturated rings. The summed E-state index contributed by atoms with van der Waals surface area (Å²) >= 11 is 0. The Morgan fingerprint density at radius 2 is 2.00 bits per heavy atom. The van der Waals surface area contributed by atoms with Gasteiger partial charge in [0.25, 0.3) is 0 Å². The molecule has 0 spiro atoms. The number of likely N-dealkylation sites (tertiary alicyclic amines) is 1. The highest BCUT2D eigenvalue weighted by Gasteiger charge is 2.34. The summed E-state index contributed by atoms with van der Waals surface area (Å²) in [6, 6.07) is 0. The third-order valence-corrected chi connectivity index (χ3v) is 4.46. The van der Waals surface area contributed by atoms with Gasteiger partial charge in [-0.25, -0.2) is 0 Å². The highest BCUT2D eigenvalue weighted by atomic mass is 16.5. The maximum atomic E-state index is 5.93. The van der Waals surface area contributed by atoms with E-state index < -0.39 is 0 Å². The highest BCUT2D eigenvalue weighted by Crippen LogP contribution is 2.19. The van der Waals surface area contributed by atoms with Gasteiger partial charge in [-0.05, 0) is 46.8 Å². The van der Waals surface area contributed by atoms with E-state index in [0.717, 1.165) is 13.1 Å². The Bertz CT molecular complexity index is 219. The predicted octanol–water partition coefficient (Wildman–Crippen LogP) is 0.766.